The Labute approximate surface area is 170 Å². The van der Waals surface area contributed by atoms with E-state index in [2.05, 4.69) is 9.88 Å². The first-order chi connectivity index (χ1) is 13.6. The molecule has 28 heavy (non-hydrogen) atoms. The second kappa shape index (κ2) is 9.84. The number of carbonyl (C=O) groups excluding carboxylic acids is 1. The lowest BCUT2D eigenvalue weighted by atomic mass is 10.3. The summed E-state index contributed by atoms with van der Waals surface area (Å²) in [4.78, 5) is 22.4. The number of aromatic nitrogens is 2. The number of rotatable bonds is 7. The second-order valence-electron chi connectivity index (χ2n) is 6.77. The average Bonchev–Trinajstić information content (AvgIpc) is 2.97. The molecule has 2 aromatic rings. The molecule has 7 nitrogen and oxygen atoms in total. The highest BCUT2D eigenvalue weighted by Crippen LogP contribution is 2.31. The predicted molar refractivity (Wildman–Crippen MR) is 110 cm³/mol. The summed E-state index contributed by atoms with van der Waals surface area (Å²) in [5.41, 5.74) is 0. The van der Waals surface area contributed by atoms with Crippen LogP contribution in [0.25, 0.3) is 0 Å². The molecule has 2 heterocycles. The molecular weight excluding hydrogens is 376 g/mol. The lowest BCUT2D eigenvalue weighted by Crippen LogP contribution is -2.36. The molecule has 3 rings (SSSR count). The largest absolute Gasteiger partial charge is 0.493 e. The van der Waals surface area contributed by atoms with Gasteiger partial charge in [0, 0.05) is 50.5 Å². The van der Waals surface area contributed by atoms with Gasteiger partial charge in [-0.25, -0.2) is 4.98 Å². The van der Waals surface area contributed by atoms with Gasteiger partial charge in [-0.05, 0) is 24.6 Å². The molecule has 0 unspecified atom stereocenters. The van der Waals surface area contributed by atoms with Gasteiger partial charge in [-0.2, -0.15) is 0 Å². The number of thioether (sulfide) groups is 1. The Balaban J connectivity index is 1.50. The fourth-order valence-corrected chi connectivity index (χ4v) is 4.10. The van der Waals surface area contributed by atoms with Crippen molar-refractivity contribution in [3.8, 4) is 11.5 Å². The summed E-state index contributed by atoms with van der Waals surface area (Å²) in [5, 5.41) is 0. The zero-order valence-corrected chi connectivity index (χ0v) is 17.6. The van der Waals surface area contributed by atoms with Gasteiger partial charge in [-0.15, -0.1) is 11.8 Å². The Morgan fingerprint density at radius 2 is 1.96 bits per heavy atom. The summed E-state index contributed by atoms with van der Waals surface area (Å²) in [6.07, 6.45) is 4.78. The van der Waals surface area contributed by atoms with Crippen LogP contribution >= 0.6 is 11.8 Å². The third kappa shape index (κ3) is 5.20. The van der Waals surface area contributed by atoms with Crippen molar-refractivity contribution < 1.29 is 14.3 Å². The molecule has 152 valence electrons. The van der Waals surface area contributed by atoms with Gasteiger partial charge in [-0.1, -0.05) is 0 Å². The van der Waals surface area contributed by atoms with E-state index in [9.17, 15) is 4.79 Å². The van der Waals surface area contributed by atoms with Crippen molar-refractivity contribution in [1.82, 2.24) is 19.4 Å². The maximum atomic E-state index is 12.7. The third-order valence-corrected chi connectivity index (χ3v) is 5.92. The summed E-state index contributed by atoms with van der Waals surface area (Å²) < 4.78 is 12.6. The number of hydrogen-bond donors (Lipinski definition) is 0. The van der Waals surface area contributed by atoms with Crippen LogP contribution in [0.1, 0.15) is 12.2 Å². The number of benzene rings is 1. The lowest BCUT2D eigenvalue weighted by Gasteiger charge is -2.22. The van der Waals surface area contributed by atoms with Gasteiger partial charge in [0.05, 0.1) is 26.5 Å². The molecule has 0 saturated carbocycles. The first kappa shape index (κ1) is 20.5. The first-order valence-corrected chi connectivity index (χ1v) is 10.4. The van der Waals surface area contributed by atoms with E-state index in [1.807, 2.05) is 47.1 Å². The molecule has 1 aliphatic rings. The minimum atomic E-state index is 0.179. The van der Waals surface area contributed by atoms with Gasteiger partial charge in [-0.3, -0.25) is 9.69 Å². The highest BCUT2D eigenvalue weighted by Gasteiger charge is 2.20. The summed E-state index contributed by atoms with van der Waals surface area (Å²) in [6.45, 7) is 4.25. The van der Waals surface area contributed by atoms with E-state index in [4.69, 9.17) is 9.47 Å². The maximum absolute atomic E-state index is 12.7. The number of carbonyl (C=O) groups is 1. The third-order valence-electron chi connectivity index (χ3n) is 4.94. The topological polar surface area (TPSA) is 59.8 Å². The van der Waals surface area contributed by atoms with E-state index in [0.717, 1.165) is 49.9 Å². The number of hydrogen-bond acceptors (Lipinski definition) is 6. The van der Waals surface area contributed by atoms with E-state index in [1.165, 1.54) is 11.8 Å². The van der Waals surface area contributed by atoms with Crippen LogP contribution in [0.15, 0.2) is 35.5 Å². The zero-order chi connectivity index (χ0) is 19.9. The molecule has 1 amide bonds. The van der Waals surface area contributed by atoms with Crippen LogP contribution in [0.3, 0.4) is 0 Å². The smallest absolute Gasteiger partial charge is 0.232 e. The fraction of sp³-hybridized carbons (Fsp3) is 0.500. The van der Waals surface area contributed by atoms with Crippen molar-refractivity contribution >= 4 is 17.7 Å². The quantitative estimate of drug-likeness (QED) is 0.660. The van der Waals surface area contributed by atoms with Crippen molar-refractivity contribution in [1.29, 1.82) is 0 Å². The second-order valence-corrected chi connectivity index (χ2v) is 7.82. The molecule has 0 bridgehead atoms. The molecule has 0 N–H and O–H groups in total. The maximum Gasteiger partial charge on any atom is 0.232 e. The lowest BCUT2D eigenvalue weighted by molar-refractivity contribution is -0.128. The van der Waals surface area contributed by atoms with Crippen molar-refractivity contribution in [2.75, 3.05) is 46.2 Å². The average molecular weight is 405 g/mol. The van der Waals surface area contributed by atoms with E-state index in [1.54, 1.807) is 14.2 Å². The van der Waals surface area contributed by atoms with Crippen molar-refractivity contribution in [2.24, 2.45) is 7.05 Å². The molecule has 1 aliphatic heterocycles. The van der Waals surface area contributed by atoms with Crippen LogP contribution in [0.2, 0.25) is 0 Å². The normalized spacial score (nSPS) is 15.3. The summed E-state index contributed by atoms with van der Waals surface area (Å²) in [7, 11) is 5.25. The van der Waals surface area contributed by atoms with E-state index in [-0.39, 0.29) is 5.91 Å². The molecule has 0 spiro atoms. The monoisotopic (exact) mass is 404 g/mol. The highest BCUT2D eigenvalue weighted by atomic mass is 32.2. The number of aryl methyl sites for hydroxylation is 1. The number of imidazole rings is 1. The number of methoxy groups -OCH3 is 2. The number of ether oxygens (including phenoxy) is 2. The standard InChI is InChI=1S/C20H28N4O3S/c1-22-10-7-21-19(22)14-23-8-4-9-24(12-11-23)20(25)15-28-16-5-6-17(26-2)18(13-16)27-3/h5-7,10,13H,4,8-9,11-12,14-15H2,1-3H3. The van der Waals surface area contributed by atoms with E-state index in [0.29, 0.717) is 17.3 Å². The number of amides is 1. The SMILES string of the molecule is COc1ccc(SCC(=O)N2CCCN(Cc3nccn3C)CC2)cc1OC. The van der Waals surface area contributed by atoms with Crippen LogP contribution in [0, 0.1) is 0 Å². The minimum Gasteiger partial charge on any atom is -0.493 e. The molecule has 1 aromatic carbocycles. The Morgan fingerprint density at radius 1 is 1.14 bits per heavy atom. The molecule has 8 heteroatoms. The van der Waals surface area contributed by atoms with Crippen molar-refractivity contribution in [3.05, 3.63) is 36.4 Å². The molecule has 1 fully saturated rings. The predicted octanol–water partition coefficient (Wildman–Crippen LogP) is 2.26. The Hall–Kier alpha value is -2.19. The molecule has 1 aromatic heterocycles. The summed E-state index contributed by atoms with van der Waals surface area (Å²) in [5.74, 6) is 3.04. The number of nitrogens with zero attached hydrogens (tertiary/aromatic N) is 4. The zero-order valence-electron chi connectivity index (χ0n) is 16.8. The molecule has 1 saturated heterocycles. The van der Waals surface area contributed by atoms with Gasteiger partial charge < -0.3 is 18.9 Å². The van der Waals surface area contributed by atoms with Crippen LogP contribution in [-0.2, 0) is 18.4 Å². The van der Waals surface area contributed by atoms with E-state index < -0.39 is 0 Å². The minimum absolute atomic E-state index is 0.179. The molecule has 0 radical (unpaired) electrons. The summed E-state index contributed by atoms with van der Waals surface area (Å²) >= 11 is 1.53. The molecule has 0 atom stereocenters. The van der Waals surface area contributed by atoms with Crippen LogP contribution in [0.4, 0.5) is 0 Å². The first-order valence-electron chi connectivity index (χ1n) is 9.42. The Bertz CT molecular complexity index is 796. The van der Waals surface area contributed by atoms with E-state index >= 15 is 0 Å². The van der Waals surface area contributed by atoms with Gasteiger partial charge in [0.1, 0.15) is 5.82 Å². The Morgan fingerprint density at radius 3 is 2.68 bits per heavy atom. The van der Waals surface area contributed by atoms with Crippen molar-refractivity contribution in [2.45, 2.75) is 17.9 Å². The van der Waals surface area contributed by atoms with Crippen LogP contribution < -0.4 is 9.47 Å². The summed E-state index contributed by atoms with van der Waals surface area (Å²) in [6, 6.07) is 5.73. The van der Waals surface area contributed by atoms with Crippen molar-refractivity contribution in [3.63, 3.8) is 0 Å². The van der Waals surface area contributed by atoms with Gasteiger partial charge in [0.2, 0.25) is 5.91 Å². The molecule has 0 aliphatic carbocycles. The Kier molecular flexibility index (Phi) is 7.22. The van der Waals surface area contributed by atoms with Gasteiger partial charge >= 0.3 is 0 Å². The highest BCUT2D eigenvalue weighted by molar-refractivity contribution is 8.00. The fourth-order valence-electron chi connectivity index (χ4n) is 3.27. The van der Waals surface area contributed by atoms with Gasteiger partial charge in [0.15, 0.2) is 11.5 Å². The van der Waals surface area contributed by atoms with Gasteiger partial charge in [0.25, 0.3) is 0 Å². The molecular formula is C20H28N4O3S. The van der Waals surface area contributed by atoms with Crippen LogP contribution in [-0.4, -0.2) is 71.4 Å². The van der Waals surface area contributed by atoms with Crippen LogP contribution in [0.5, 0.6) is 11.5 Å².